The summed E-state index contributed by atoms with van der Waals surface area (Å²) in [4.78, 5) is 7.15. The van der Waals surface area contributed by atoms with Crippen LogP contribution in [0.3, 0.4) is 0 Å². The second-order valence-corrected chi connectivity index (χ2v) is 11.0. The van der Waals surface area contributed by atoms with Crippen LogP contribution in [0.5, 0.6) is 0 Å². The Morgan fingerprint density at radius 1 is 1.32 bits per heavy atom. The minimum absolute atomic E-state index is 0.0378. The number of hydrogen-bond acceptors (Lipinski definition) is 6. The lowest BCUT2D eigenvalue weighted by Gasteiger charge is -2.40. The summed E-state index contributed by atoms with van der Waals surface area (Å²) in [5.74, 6) is 0.291. The molecule has 0 amide bonds. The number of sulfone groups is 1. The highest BCUT2D eigenvalue weighted by molar-refractivity contribution is 7.93. The number of guanidine groups is 1. The van der Waals surface area contributed by atoms with E-state index in [9.17, 15) is 13.5 Å². The standard InChI is InChI=1S/C19H34N4O3S2/c1-4-20-18(22-15-19(2,3)23-10-6-5-7-11-23)21-13-16(24)14-28(25,26)17-9-8-12-27-17/h8-9,12,16,24H,4-7,10-11,13-15H2,1-3H3,(H2,20,21,22). The van der Waals surface area contributed by atoms with Crippen molar-refractivity contribution in [2.24, 2.45) is 4.99 Å². The topological polar surface area (TPSA) is 94.0 Å². The predicted octanol–water partition coefficient (Wildman–Crippen LogP) is 1.70. The highest BCUT2D eigenvalue weighted by Crippen LogP contribution is 2.21. The third-order valence-electron chi connectivity index (χ3n) is 4.90. The Morgan fingerprint density at radius 3 is 2.64 bits per heavy atom. The lowest BCUT2D eigenvalue weighted by Crippen LogP contribution is -2.50. The zero-order valence-corrected chi connectivity index (χ0v) is 18.8. The molecule has 1 aromatic rings. The van der Waals surface area contributed by atoms with Crippen LogP contribution < -0.4 is 10.6 Å². The fourth-order valence-electron chi connectivity index (χ4n) is 3.26. The fourth-order valence-corrected chi connectivity index (χ4v) is 5.74. The zero-order chi connectivity index (χ0) is 20.6. The molecule has 2 rings (SSSR count). The molecule has 2 heterocycles. The summed E-state index contributed by atoms with van der Waals surface area (Å²) < 4.78 is 24.8. The molecule has 0 spiro atoms. The highest BCUT2D eigenvalue weighted by Gasteiger charge is 2.27. The van der Waals surface area contributed by atoms with E-state index < -0.39 is 15.9 Å². The van der Waals surface area contributed by atoms with Crippen molar-refractivity contribution in [2.75, 3.05) is 38.5 Å². The van der Waals surface area contributed by atoms with Crippen LogP contribution in [-0.4, -0.2) is 74.5 Å². The summed E-state index contributed by atoms with van der Waals surface area (Å²) in [5, 5.41) is 18.2. The van der Waals surface area contributed by atoms with E-state index in [1.165, 1.54) is 30.6 Å². The molecular formula is C19H34N4O3S2. The molecule has 28 heavy (non-hydrogen) atoms. The van der Waals surface area contributed by atoms with Crippen molar-refractivity contribution in [3.8, 4) is 0 Å². The summed E-state index contributed by atoms with van der Waals surface area (Å²) in [6, 6.07) is 3.26. The smallest absolute Gasteiger partial charge is 0.191 e. The zero-order valence-electron chi connectivity index (χ0n) is 17.1. The second kappa shape index (κ2) is 10.6. The van der Waals surface area contributed by atoms with E-state index in [2.05, 4.69) is 34.4 Å². The lowest BCUT2D eigenvalue weighted by atomic mass is 9.99. The molecule has 0 aliphatic carbocycles. The fraction of sp³-hybridized carbons (Fsp3) is 0.737. The SMILES string of the molecule is CCNC(=NCC(C)(C)N1CCCCC1)NCC(O)CS(=O)(=O)c1cccs1. The minimum atomic E-state index is -3.46. The van der Waals surface area contributed by atoms with E-state index in [-0.39, 0.29) is 22.0 Å². The Bertz CT molecular complexity index is 712. The average Bonchev–Trinajstić information content (AvgIpc) is 3.20. The van der Waals surface area contributed by atoms with Gasteiger partial charge >= 0.3 is 0 Å². The van der Waals surface area contributed by atoms with Gasteiger partial charge in [-0.2, -0.15) is 0 Å². The Labute approximate surface area is 173 Å². The molecule has 1 aliphatic heterocycles. The van der Waals surface area contributed by atoms with Crippen molar-refractivity contribution >= 4 is 27.1 Å². The van der Waals surface area contributed by atoms with Crippen LogP contribution in [0.4, 0.5) is 0 Å². The van der Waals surface area contributed by atoms with Gasteiger partial charge in [-0.1, -0.05) is 12.5 Å². The summed E-state index contributed by atoms with van der Waals surface area (Å²) in [6.07, 6.45) is 2.75. The van der Waals surface area contributed by atoms with Crippen LogP contribution in [-0.2, 0) is 9.84 Å². The Balaban J connectivity index is 1.89. The maximum Gasteiger partial charge on any atom is 0.191 e. The Hall–Kier alpha value is -1.16. The normalized spacial score (nSPS) is 18.1. The van der Waals surface area contributed by atoms with E-state index in [4.69, 9.17) is 0 Å². The number of thiophene rings is 1. The van der Waals surface area contributed by atoms with Crippen molar-refractivity contribution < 1.29 is 13.5 Å². The maximum atomic E-state index is 12.3. The van der Waals surface area contributed by atoms with E-state index in [0.29, 0.717) is 19.0 Å². The van der Waals surface area contributed by atoms with Crippen molar-refractivity contribution in [1.29, 1.82) is 0 Å². The van der Waals surface area contributed by atoms with Gasteiger partial charge in [-0.25, -0.2) is 8.42 Å². The van der Waals surface area contributed by atoms with Gasteiger partial charge in [0, 0.05) is 18.6 Å². The van der Waals surface area contributed by atoms with E-state index >= 15 is 0 Å². The van der Waals surface area contributed by atoms with E-state index in [1.807, 2.05) is 6.92 Å². The van der Waals surface area contributed by atoms with Gasteiger partial charge in [-0.3, -0.25) is 9.89 Å². The predicted molar refractivity (Wildman–Crippen MR) is 116 cm³/mol. The maximum absolute atomic E-state index is 12.3. The minimum Gasteiger partial charge on any atom is -0.390 e. The number of aliphatic hydroxyl groups excluding tert-OH is 1. The van der Waals surface area contributed by atoms with Crippen LogP contribution in [0.25, 0.3) is 0 Å². The molecule has 1 aromatic heterocycles. The summed E-state index contributed by atoms with van der Waals surface area (Å²) >= 11 is 1.17. The molecule has 1 saturated heterocycles. The Kier molecular flexibility index (Phi) is 8.73. The molecule has 0 aromatic carbocycles. The van der Waals surface area contributed by atoms with Crippen LogP contribution in [0.15, 0.2) is 26.7 Å². The molecule has 9 heteroatoms. The summed E-state index contributed by atoms with van der Waals surface area (Å²) in [5.41, 5.74) is -0.0378. The monoisotopic (exact) mass is 430 g/mol. The summed E-state index contributed by atoms with van der Waals surface area (Å²) in [6.45, 7) is 10.0. The van der Waals surface area contributed by atoms with Gasteiger partial charge in [0.05, 0.1) is 18.4 Å². The summed E-state index contributed by atoms with van der Waals surface area (Å²) in [7, 11) is -3.46. The number of aliphatic hydroxyl groups is 1. The van der Waals surface area contributed by atoms with Crippen LogP contribution in [0.2, 0.25) is 0 Å². The first-order valence-electron chi connectivity index (χ1n) is 9.96. The van der Waals surface area contributed by atoms with Crippen molar-refractivity contribution in [1.82, 2.24) is 15.5 Å². The molecule has 0 saturated carbocycles. The first-order valence-corrected chi connectivity index (χ1v) is 12.5. The number of nitrogens with one attached hydrogen (secondary N) is 2. The van der Waals surface area contributed by atoms with Gasteiger partial charge in [0.1, 0.15) is 4.21 Å². The molecule has 1 atom stereocenters. The van der Waals surface area contributed by atoms with Crippen LogP contribution in [0.1, 0.15) is 40.0 Å². The third-order valence-corrected chi connectivity index (χ3v) is 8.18. The Morgan fingerprint density at radius 2 is 2.04 bits per heavy atom. The van der Waals surface area contributed by atoms with Gasteiger partial charge in [-0.15, -0.1) is 11.3 Å². The van der Waals surface area contributed by atoms with Gasteiger partial charge in [-0.05, 0) is 58.1 Å². The average molecular weight is 431 g/mol. The van der Waals surface area contributed by atoms with Crippen LogP contribution in [0, 0.1) is 0 Å². The van der Waals surface area contributed by atoms with E-state index in [0.717, 1.165) is 13.1 Å². The number of aliphatic imine (C=N–C) groups is 1. The first-order chi connectivity index (χ1) is 13.2. The number of hydrogen-bond donors (Lipinski definition) is 3. The highest BCUT2D eigenvalue weighted by atomic mass is 32.2. The van der Waals surface area contributed by atoms with E-state index in [1.54, 1.807) is 17.5 Å². The van der Waals surface area contributed by atoms with Gasteiger partial charge in [0.2, 0.25) is 0 Å². The molecule has 3 N–H and O–H groups in total. The third kappa shape index (κ3) is 7.02. The first kappa shape index (κ1) is 23.1. The number of likely N-dealkylation sites (tertiary alicyclic amines) is 1. The van der Waals surface area contributed by atoms with Gasteiger partial charge in [0.25, 0.3) is 0 Å². The molecule has 160 valence electrons. The lowest BCUT2D eigenvalue weighted by molar-refractivity contribution is 0.102. The number of rotatable bonds is 9. The molecule has 1 fully saturated rings. The van der Waals surface area contributed by atoms with Crippen LogP contribution >= 0.6 is 11.3 Å². The molecule has 1 unspecified atom stereocenters. The molecule has 0 bridgehead atoms. The number of nitrogens with zero attached hydrogens (tertiary/aromatic N) is 2. The molecule has 7 nitrogen and oxygen atoms in total. The van der Waals surface area contributed by atoms with Gasteiger partial charge in [0.15, 0.2) is 15.8 Å². The quantitative estimate of drug-likeness (QED) is 0.408. The van der Waals surface area contributed by atoms with Gasteiger partial charge < -0.3 is 15.7 Å². The largest absolute Gasteiger partial charge is 0.390 e. The number of piperidine rings is 1. The van der Waals surface area contributed by atoms with Crippen molar-refractivity contribution in [3.05, 3.63) is 17.5 Å². The molecule has 0 radical (unpaired) electrons. The van der Waals surface area contributed by atoms with Crippen molar-refractivity contribution in [2.45, 2.75) is 55.9 Å². The second-order valence-electron chi connectivity index (χ2n) is 7.80. The molecule has 1 aliphatic rings. The molecular weight excluding hydrogens is 396 g/mol. The van der Waals surface area contributed by atoms with Crippen molar-refractivity contribution in [3.63, 3.8) is 0 Å².